The second-order valence-corrected chi connectivity index (χ2v) is 12.5. The fraction of sp³-hybridized carbons (Fsp3) is 0. The molecule has 1 heterocycles. The van der Waals surface area contributed by atoms with Crippen molar-refractivity contribution in [3.05, 3.63) is 176 Å². The van der Waals surface area contributed by atoms with E-state index in [-0.39, 0.29) is 0 Å². The number of benzene rings is 9. The summed E-state index contributed by atoms with van der Waals surface area (Å²) in [4.78, 5) is 2.33. The summed E-state index contributed by atoms with van der Waals surface area (Å²) in [7, 11) is 0. The van der Waals surface area contributed by atoms with Gasteiger partial charge in [0.05, 0.1) is 5.69 Å². The number of hydrogen-bond donors (Lipinski definition) is 0. The predicted molar refractivity (Wildman–Crippen MR) is 204 cm³/mol. The molecule has 10 rings (SSSR count). The Morgan fingerprint density at radius 3 is 1.69 bits per heavy atom. The van der Waals surface area contributed by atoms with Gasteiger partial charge < -0.3 is 9.32 Å². The fourth-order valence-corrected chi connectivity index (χ4v) is 7.63. The third kappa shape index (κ3) is 4.06. The molecule has 0 atom stereocenters. The van der Waals surface area contributed by atoms with Gasteiger partial charge in [-0.25, -0.2) is 0 Å². The summed E-state index contributed by atoms with van der Waals surface area (Å²) in [6.07, 6.45) is 0. The van der Waals surface area contributed by atoms with Gasteiger partial charge in [0.25, 0.3) is 0 Å². The Morgan fingerprint density at radius 1 is 0.375 bits per heavy atom. The largest absolute Gasteiger partial charge is 0.454 e. The monoisotopic (exact) mass is 611 g/mol. The molecule has 0 aliphatic heterocycles. The van der Waals surface area contributed by atoms with E-state index in [2.05, 4.69) is 175 Å². The van der Waals surface area contributed by atoms with Gasteiger partial charge in [0.15, 0.2) is 5.58 Å². The van der Waals surface area contributed by atoms with Crippen LogP contribution in [0.5, 0.6) is 0 Å². The highest BCUT2D eigenvalue weighted by Crippen LogP contribution is 2.46. The molecular weight excluding hydrogens is 583 g/mol. The van der Waals surface area contributed by atoms with Gasteiger partial charge in [0, 0.05) is 22.1 Å². The number of fused-ring (bicyclic) bond motifs is 10. The average molecular weight is 612 g/mol. The molecule has 0 saturated carbocycles. The molecule has 2 heteroatoms. The van der Waals surface area contributed by atoms with Crippen LogP contribution in [0.3, 0.4) is 0 Å². The van der Waals surface area contributed by atoms with E-state index in [1.54, 1.807) is 0 Å². The average Bonchev–Trinajstić information content (AvgIpc) is 3.55. The van der Waals surface area contributed by atoms with Crippen LogP contribution >= 0.6 is 0 Å². The first kappa shape index (κ1) is 26.8. The third-order valence-electron chi connectivity index (χ3n) is 9.79. The molecule has 0 saturated heterocycles. The highest BCUT2D eigenvalue weighted by molar-refractivity contribution is 6.25. The molecule has 0 aliphatic carbocycles. The molecule has 0 bridgehead atoms. The zero-order valence-electron chi connectivity index (χ0n) is 26.1. The minimum absolute atomic E-state index is 0.884. The summed E-state index contributed by atoms with van der Waals surface area (Å²) in [6, 6.07) is 63.2. The van der Waals surface area contributed by atoms with E-state index in [1.807, 2.05) is 6.07 Å². The first-order valence-corrected chi connectivity index (χ1v) is 16.4. The van der Waals surface area contributed by atoms with Crippen LogP contribution in [-0.4, -0.2) is 0 Å². The van der Waals surface area contributed by atoms with Gasteiger partial charge in [-0.15, -0.1) is 0 Å². The highest BCUT2D eigenvalue weighted by atomic mass is 16.3. The van der Waals surface area contributed by atoms with Crippen molar-refractivity contribution < 1.29 is 4.42 Å². The standard InChI is InChI=1S/C46H29NO/c1-2-15-34(16-3-1)47(42-29-33-14-6-9-19-38(33)45-40-20-10-11-21-43(40)48-46(42)45)35-25-22-31(23-26-35)41-28-32-13-5-8-18-37(32)44-36-17-7-4-12-30(36)24-27-39(41)44/h1-29H. The highest BCUT2D eigenvalue weighted by Gasteiger charge is 2.22. The Labute approximate surface area is 277 Å². The Hall–Kier alpha value is -6.38. The lowest BCUT2D eigenvalue weighted by atomic mass is 9.90. The van der Waals surface area contributed by atoms with Gasteiger partial charge in [-0.1, -0.05) is 133 Å². The van der Waals surface area contributed by atoms with Gasteiger partial charge in [-0.3, -0.25) is 0 Å². The molecule has 1 aromatic heterocycles. The molecular formula is C46H29NO. The molecule has 0 spiro atoms. The normalized spacial score (nSPS) is 11.8. The van der Waals surface area contributed by atoms with E-state index < -0.39 is 0 Å². The molecule has 48 heavy (non-hydrogen) atoms. The molecule has 0 aliphatic rings. The molecule has 0 amide bonds. The van der Waals surface area contributed by atoms with Crippen molar-refractivity contribution in [1.29, 1.82) is 0 Å². The summed E-state index contributed by atoms with van der Waals surface area (Å²) in [5.41, 5.74) is 7.35. The van der Waals surface area contributed by atoms with Crippen LogP contribution in [0.4, 0.5) is 17.1 Å². The summed E-state index contributed by atoms with van der Waals surface area (Å²) in [6.45, 7) is 0. The molecule has 0 fully saturated rings. The molecule has 10 aromatic rings. The van der Waals surface area contributed by atoms with E-state index in [9.17, 15) is 0 Å². The Balaban J connectivity index is 1.20. The van der Waals surface area contributed by atoms with Gasteiger partial charge in [0.1, 0.15) is 5.58 Å². The molecule has 9 aromatic carbocycles. The van der Waals surface area contributed by atoms with Crippen molar-refractivity contribution in [2.45, 2.75) is 0 Å². The summed E-state index contributed by atoms with van der Waals surface area (Å²) in [5.74, 6) is 0. The minimum atomic E-state index is 0.884. The second kappa shape index (κ2) is 10.6. The second-order valence-electron chi connectivity index (χ2n) is 12.5. The maximum Gasteiger partial charge on any atom is 0.160 e. The van der Waals surface area contributed by atoms with Crippen molar-refractivity contribution in [2.24, 2.45) is 0 Å². The maximum atomic E-state index is 6.69. The van der Waals surface area contributed by atoms with Gasteiger partial charge in [0.2, 0.25) is 0 Å². The van der Waals surface area contributed by atoms with E-state index in [0.717, 1.165) is 39.0 Å². The molecule has 0 unspecified atom stereocenters. The lowest BCUT2D eigenvalue weighted by Gasteiger charge is -2.26. The SMILES string of the molecule is c1ccc(N(c2ccc(-c3cc4ccccc4c4c3ccc3ccccc34)cc2)c2cc3ccccc3c3c2oc2ccccc23)cc1. The molecule has 0 radical (unpaired) electrons. The van der Waals surface area contributed by atoms with E-state index in [0.29, 0.717) is 0 Å². The summed E-state index contributed by atoms with van der Waals surface area (Å²) >= 11 is 0. The quantitative estimate of drug-likeness (QED) is 0.184. The Morgan fingerprint density at radius 2 is 0.938 bits per heavy atom. The number of hydrogen-bond acceptors (Lipinski definition) is 2. The van der Waals surface area contributed by atoms with Crippen molar-refractivity contribution in [3.63, 3.8) is 0 Å². The van der Waals surface area contributed by atoms with E-state index in [4.69, 9.17) is 4.42 Å². The van der Waals surface area contributed by atoms with Crippen LogP contribution in [0, 0.1) is 0 Å². The Bertz CT molecular complexity index is 2810. The number of nitrogens with zero attached hydrogens (tertiary/aromatic N) is 1. The summed E-state index contributed by atoms with van der Waals surface area (Å²) < 4.78 is 6.69. The number of para-hydroxylation sites is 2. The van der Waals surface area contributed by atoms with E-state index >= 15 is 0 Å². The van der Waals surface area contributed by atoms with E-state index in [1.165, 1.54) is 54.2 Å². The third-order valence-corrected chi connectivity index (χ3v) is 9.79. The van der Waals surface area contributed by atoms with Crippen molar-refractivity contribution in [2.75, 3.05) is 4.90 Å². The van der Waals surface area contributed by atoms with Crippen LogP contribution in [0.2, 0.25) is 0 Å². The molecule has 2 nitrogen and oxygen atoms in total. The number of rotatable bonds is 4. The van der Waals surface area contributed by atoms with Crippen molar-refractivity contribution in [1.82, 2.24) is 0 Å². The smallest absolute Gasteiger partial charge is 0.160 e. The van der Waals surface area contributed by atoms with Crippen LogP contribution < -0.4 is 4.90 Å². The maximum absolute atomic E-state index is 6.69. The summed E-state index contributed by atoms with van der Waals surface area (Å²) in [5, 5.41) is 12.3. The number of furan rings is 1. The fourth-order valence-electron chi connectivity index (χ4n) is 7.63. The lowest BCUT2D eigenvalue weighted by molar-refractivity contribution is 0.669. The van der Waals surface area contributed by atoms with Crippen LogP contribution in [0.15, 0.2) is 180 Å². The zero-order valence-corrected chi connectivity index (χ0v) is 26.1. The molecule has 224 valence electrons. The van der Waals surface area contributed by atoms with Gasteiger partial charge in [-0.2, -0.15) is 0 Å². The van der Waals surface area contributed by atoms with Crippen LogP contribution in [-0.2, 0) is 0 Å². The number of anilines is 3. The Kier molecular flexibility index (Phi) is 5.91. The zero-order chi connectivity index (χ0) is 31.6. The van der Waals surface area contributed by atoms with Gasteiger partial charge >= 0.3 is 0 Å². The van der Waals surface area contributed by atoms with Crippen molar-refractivity contribution in [3.8, 4) is 11.1 Å². The lowest BCUT2D eigenvalue weighted by Crippen LogP contribution is -2.10. The first-order chi connectivity index (χ1) is 23.8. The molecule has 0 N–H and O–H groups in total. The topological polar surface area (TPSA) is 16.4 Å². The predicted octanol–water partition coefficient (Wildman–Crippen LogP) is 13.3. The minimum Gasteiger partial charge on any atom is -0.454 e. The van der Waals surface area contributed by atoms with Crippen molar-refractivity contribution >= 4 is 82.1 Å². The van der Waals surface area contributed by atoms with Crippen LogP contribution in [0.1, 0.15) is 0 Å². The first-order valence-electron chi connectivity index (χ1n) is 16.4. The van der Waals surface area contributed by atoms with Gasteiger partial charge in [-0.05, 0) is 96.7 Å². The van der Waals surface area contributed by atoms with Crippen LogP contribution in [0.25, 0.3) is 76.2 Å².